The van der Waals surface area contributed by atoms with Crippen LogP contribution in [-0.2, 0) is 7.05 Å². The second kappa shape index (κ2) is 3.57. The summed E-state index contributed by atoms with van der Waals surface area (Å²) in [5.41, 5.74) is 7.45. The average Bonchev–Trinajstić information content (AvgIpc) is 2.36. The van der Waals surface area contributed by atoms with E-state index in [1.165, 1.54) is 18.2 Å². The molecule has 0 saturated heterocycles. The Kier molecular flexibility index (Phi) is 2.13. The smallest absolute Gasteiger partial charge is 0.197 e. The third-order valence-electron chi connectivity index (χ3n) is 3.19. The summed E-state index contributed by atoms with van der Waals surface area (Å²) in [5.74, 6) is -0.354. The van der Waals surface area contributed by atoms with E-state index in [9.17, 15) is 9.18 Å². The first-order valence-electron chi connectivity index (χ1n) is 5.55. The fraction of sp³-hybridized carbons (Fsp3) is 0.0714. The summed E-state index contributed by atoms with van der Waals surface area (Å²) in [6.45, 7) is 0. The summed E-state index contributed by atoms with van der Waals surface area (Å²) < 4.78 is 15.1. The van der Waals surface area contributed by atoms with Crippen LogP contribution in [0.1, 0.15) is 0 Å². The zero-order valence-electron chi connectivity index (χ0n) is 9.77. The summed E-state index contributed by atoms with van der Waals surface area (Å²) in [6, 6.07) is 9.33. The largest absolute Gasteiger partial charge is 0.399 e. The highest BCUT2D eigenvalue weighted by atomic mass is 19.1. The van der Waals surface area contributed by atoms with E-state index in [1.807, 2.05) is 0 Å². The fourth-order valence-electron chi connectivity index (χ4n) is 2.28. The summed E-state index contributed by atoms with van der Waals surface area (Å²) >= 11 is 0. The van der Waals surface area contributed by atoms with Gasteiger partial charge in [0.1, 0.15) is 5.82 Å². The number of pyridine rings is 1. The number of benzene rings is 2. The maximum atomic E-state index is 13.3. The van der Waals surface area contributed by atoms with Crippen molar-refractivity contribution >= 4 is 27.5 Å². The van der Waals surface area contributed by atoms with Crippen molar-refractivity contribution in [2.24, 2.45) is 7.05 Å². The number of hydrogen-bond donors (Lipinski definition) is 1. The predicted octanol–water partition coefficient (Wildman–Crippen LogP) is 2.41. The van der Waals surface area contributed by atoms with Crippen molar-refractivity contribution in [1.82, 2.24) is 4.57 Å². The molecule has 3 rings (SSSR count). The number of aromatic nitrogens is 1. The van der Waals surface area contributed by atoms with Crippen LogP contribution in [0.2, 0.25) is 0 Å². The minimum Gasteiger partial charge on any atom is -0.399 e. The Labute approximate surface area is 102 Å². The fourth-order valence-corrected chi connectivity index (χ4v) is 2.28. The van der Waals surface area contributed by atoms with Crippen molar-refractivity contribution in [1.29, 1.82) is 0 Å². The number of aryl methyl sites for hydroxylation is 1. The zero-order chi connectivity index (χ0) is 12.9. The first-order valence-corrected chi connectivity index (χ1v) is 5.55. The SMILES string of the molecule is Cn1c2ccc(N)cc2c(=O)c2ccc(F)cc21. The summed E-state index contributed by atoms with van der Waals surface area (Å²) in [5, 5.41) is 1.05. The summed E-state index contributed by atoms with van der Waals surface area (Å²) in [7, 11) is 1.81. The van der Waals surface area contributed by atoms with Gasteiger partial charge in [-0.3, -0.25) is 4.79 Å². The van der Waals surface area contributed by atoms with Crippen molar-refractivity contribution in [2.45, 2.75) is 0 Å². The second-order valence-corrected chi connectivity index (χ2v) is 4.33. The Balaban J connectivity index is 2.65. The van der Waals surface area contributed by atoms with Gasteiger partial charge in [0.2, 0.25) is 0 Å². The number of nitrogens with two attached hydrogens (primary N) is 1. The number of fused-ring (bicyclic) bond motifs is 2. The highest BCUT2D eigenvalue weighted by molar-refractivity contribution is 5.94. The molecule has 18 heavy (non-hydrogen) atoms. The average molecular weight is 242 g/mol. The molecule has 0 amide bonds. The first-order chi connectivity index (χ1) is 8.58. The maximum Gasteiger partial charge on any atom is 0.197 e. The van der Waals surface area contributed by atoms with Crippen LogP contribution in [-0.4, -0.2) is 4.57 Å². The zero-order valence-corrected chi connectivity index (χ0v) is 9.77. The molecule has 1 heterocycles. The van der Waals surface area contributed by atoms with Crippen LogP contribution in [0.25, 0.3) is 21.8 Å². The van der Waals surface area contributed by atoms with E-state index in [4.69, 9.17) is 5.73 Å². The maximum absolute atomic E-state index is 13.3. The van der Waals surface area contributed by atoms with Crippen molar-refractivity contribution in [3.63, 3.8) is 0 Å². The van der Waals surface area contributed by atoms with Gasteiger partial charge >= 0.3 is 0 Å². The molecule has 3 nitrogen and oxygen atoms in total. The van der Waals surface area contributed by atoms with Gasteiger partial charge in [0.15, 0.2) is 5.43 Å². The third-order valence-corrected chi connectivity index (χ3v) is 3.19. The van der Waals surface area contributed by atoms with E-state index in [0.29, 0.717) is 22.0 Å². The van der Waals surface area contributed by atoms with Crippen LogP contribution in [0.3, 0.4) is 0 Å². The van der Waals surface area contributed by atoms with Crippen molar-refractivity contribution in [2.75, 3.05) is 5.73 Å². The Morgan fingerprint density at radius 3 is 2.61 bits per heavy atom. The van der Waals surface area contributed by atoms with Gasteiger partial charge in [-0.1, -0.05) is 0 Å². The van der Waals surface area contributed by atoms with E-state index >= 15 is 0 Å². The van der Waals surface area contributed by atoms with Gasteiger partial charge in [0.25, 0.3) is 0 Å². The van der Waals surface area contributed by atoms with Crippen LogP contribution in [0.4, 0.5) is 10.1 Å². The monoisotopic (exact) mass is 242 g/mol. The summed E-state index contributed by atoms with van der Waals surface area (Å²) in [6.07, 6.45) is 0. The van der Waals surface area contributed by atoms with Gasteiger partial charge < -0.3 is 10.3 Å². The number of nitrogens with zero attached hydrogens (tertiary/aromatic N) is 1. The predicted molar refractivity (Wildman–Crippen MR) is 71.1 cm³/mol. The van der Waals surface area contributed by atoms with Crippen molar-refractivity contribution in [3.8, 4) is 0 Å². The summed E-state index contributed by atoms with van der Waals surface area (Å²) in [4.78, 5) is 12.3. The molecule has 0 radical (unpaired) electrons. The topological polar surface area (TPSA) is 48.0 Å². The molecule has 0 saturated carbocycles. The lowest BCUT2D eigenvalue weighted by atomic mass is 10.1. The normalized spacial score (nSPS) is 11.2. The molecule has 3 aromatic rings. The van der Waals surface area contributed by atoms with E-state index in [1.54, 1.807) is 29.8 Å². The molecule has 0 spiro atoms. The van der Waals surface area contributed by atoms with Crippen LogP contribution in [0, 0.1) is 5.82 Å². The quantitative estimate of drug-likeness (QED) is 0.486. The van der Waals surface area contributed by atoms with Crippen molar-refractivity contribution in [3.05, 3.63) is 52.4 Å². The molecule has 0 aliphatic carbocycles. The minimum atomic E-state index is -0.354. The van der Waals surface area contributed by atoms with Gasteiger partial charge in [-0.2, -0.15) is 0 Å². The van der Waals surface area contributed by atoms with Gasteiger partial charge in [-0.05, 0) is 36.4 Å². The van der Waals surface area contributed by atoms with Gasteiger partial charge in [-0.15, -0.1) is 0 Å². The Hall–Kier alpha value is -2.36. The number of rotatable bonds is 0. The van der Waals surface area contributed by atoms with Crippen LogP contribution in [0.15, 0.2) is 41.2 Å². The number of halogens is 1. The van der Waals surface area contributed by atoms with Crippen LogP contribution < -0.4 is 11.2 Å². The van der Waals surface area contributed by atoms with E-state index < -0.39 is 0 Å². The second-order valence-electron chi connectivity index (χ2n) is 4.33. The first kappa shape index (κ1) is 10.8. The molecule has 4 heteroatoms. The molecule has 0 unspecified atom stereocenters. The molecule has 0 bridgehead atoms. The lowest BCUT2D eigenvalue weighted by molar-refractivity contribution is 0.629. The molecule has 0 aliphatic rings. The van der Waals surface area contributed by atoms with Gasteiger partial charge in [-0.25, -0.2) is 4.39 Å². The highest BCUT2D eigenvalue weighted by Crippen LogP contribution is 2.20. The molecule has 0 fully saturated rings. The van der Waals surface area contributed by atoms with E-state index in [2.05, 4.69) is 0 Å². The minimum absolute atomic E-state index is 0.120. The van der Waals surface area contributed by atoms with Gasteiger partial charge in [0, 0.05) is 23.5 Å². The molecule has 0 aliphatic heterocycles. The Morgan fingerprint density at radius 1 is 1.06 bits per heavy atom. The third kappa shape index (κ3) is 1.39. The van der Waals surface area contributed by atoms with Crippen LogP contribution >= 0.6 is 0 Å². The highest BCUT2D eigenvalue weighted by Gasteiger charge is 2.09. The van der Waals surface area contributed by atoms with E-state index in [0.717, 1.165) is 5.52 Å². The molecule has 2 N–H and O–H groups in total. The molecule has 2 aromatic carbocycles. The lowest BCUT2D eigenvalue weighted by Gasteiger charge is -2.10. The molecule has 0 atom stereocenters. The Morgan fingerprint density at radius 2 is 1.83 bits per heavy atom. The number of anilines is 1. The van der Waals surface area contributed by atoms with Crippen LogP contribution in [0.5, 0.6) is 0 Å². The van der Waals surface area contributed by atoms with E-state index in [-0.39, 0.29) is 11.2 Å². The molecule has 90 valence electrons. The lowest BCUT2D eigenvalue weighted by Crippen LogP contribution is -2.09. The van der Waals surface area contributed by atoms with Gasteiger partial charge in [0.05, 0.1) is 11.0 Å². The number of nitrogen functional groups attached to an aromatic ring is 1. The standard InChI is InChI=1S/C14H11FN2O/c1-17-12-5-3-9(16)7-11(12)14(18)10-4-2-8(15)6-13(10)17/h2-7H,16H2,1H3. The number of hydrogen-bond acceptors (Lipinski definition) is 2. The van der Waals surface area contributed by atoms with Crippen molar-refractivity contribution < 1.29 is 4.39 Å². The molecule has 1 aromatic heterocycles. The molecular formula is C14H11FN2O. The molecular weight excluding hydrogens is 231 g/mol. The Bertz CT molecular complexity index is 836.